The first-order chi connectivity index (χ1) is 9.99. The maximum atomic E-state index is 13.3. The average molecular weight is 351 g/mol. The topological polar surface area (TPSA) is 43.4 Å². The van der Waals surface area contributed by atoms with Crippen LogP contribution in [0.15, 0.2) is 46.9 Å². The van der Waals surface area contributed by atoms with E-state index in [1.54, 1.807) is 31.2 Å². The van der Waals surface area contributed by atoms with Crippen LogP contribution in [0.2, 0.25) is 0 Å². The zero-order valence-electron chi connectivity index (χ0n) is 11.2. The SMILES string of the molecule is CC(Oc1cc(F)cc(C=O)c1)C(=O)c1ccc(Br)cc1. The Kier molecular flexibility index (Phi) is 4.85. The molecular weight excluding hydrogens is 339 g/mol. The predicted octanol–water partition coefficient (Wildman–Crippen LogP) is 4.05. The van der Waals surface area contributed by atoms with E-state index in [0.29, 0.717) is 11.8 Å². The first kappa shape index (κ1) is 15.4. The number of ketones is 1. The molecule has 1 atom stereocenters. The Bertz CT molecular complexity index is 668. The molecule has 2 rings (SSSR count). The van der Waals surface area contributed by atoms with Crippen LogP contribution >= 0.6 is 15.9 Å². The van der Waals surface area contributed by atoms with Crippen molar-refractivity contribution in [2.75, 3.05) is 0 Å². The molecule has 0 aliphatic heterocycles. The number of halogens is 2. The number of hydrogen-bond acceptors (Lipinski definition) is 3. The molecule has 0 radical (unpaired) electrons. The summed E-state index contributed by atoms with van der Waals surface area (Å²) in [7, 11) is 0. The molecule has 0 saturated carbocycles. The van der Waals surface area contributed by atoms with Gasteiger partial charge in [-0.2, -0.15) is 0 Å². The molecule has 0 bridgehead atoms. The van der Waals surface area contributed by atoms with Gasteiger partial charge < -0.3 is 4.74 Å². The highest BCUT2D eigenvalue weighted by atomic mass is 79.9. The summed E-state index contributed by atoms with van der Waals surface area (Å²) in [5.41, 5.74) is 0.658. The fourth-order valence-corrected chi connectivity index (χ4v) is 2.09. The van der Waals surface area contributed by atoms with Crippen LogP contribution in [0.3, 0.4) is 0 Å². The Morgan fingerprint density at radius 1 is 1.24 bits per heavy atom. The maximum absolute atomic E-state index is 13.3. The van der Waals surface area contributed by atoms with Crippen molar-refractivity contribution in [3.8, 4) is 5.75 Å². The number of carbonyl (C=O) groups excluding carboxylic acids is 2. The summed E-state index contributed by atoms with van der Waals surface area (Å²) >= 11 is 3.29. The van der Waals surface area contributed by atoms with Gasteiger partial charge >= 0.3 is 0 Å². The van der Waals surface area contributed by atoms with E-state index in [1.807, 2.05) is 0 Å². The van der Waals surface area contributed by atoms with Crippen molar-refractivity contribution in [1.82, 2.24) is 0 Å². The van der Waals surface area contributed by atoms with Gasteiger partial charge in [0.15, 0.2) is 6.10 Å². The lowest BCUT2D eigenvalue weighted by Crippen LogP contribution is -2.24. The molecule has 0 heterocycles. The van der Waals surface area contributed by atoms with Crippen molar-refractivity contribution >= 4 is 28.0 Å². The Hall–Kier alpha value is -2.01. The second kappa shape index (κ2) is 6.63. The Labute approximate surface area is 129 Å². The number of benzene rings is 2. The fourth-order valence-electron chi connectivity index (χ4n) is 1.83. The van der Waals surface area contributed by atoms with E-state index < -0.39 is 11.9 Å². The molecule has 3 nitrogen and oxygen atoms in total. The first-order valence-corrected chi connectivity index (χ1v) is 7.01. The first-order valence-electron chi connectivity index (χ1n) is 6.22. The number of carbonyl (C=O) groups is 2. The fraction of sp³-hybridized carbons (Fsp3) is 0.125. The zero-order chi connectivity index (χ0) is 15.4. The van der Waals surface area contributed by atoms with Gasteiger partial charge in [-0.3, -0.25) is 9.59 Å². The number of ether oxygens (including phenoxy) is 1. The second-order valence-corrected chi connectivity index (χ2v) is 5.39. The van der Waals surface area contributed by atoms with E-state index in [-0.39, 0.29) is 17.1 Å². The number of rotatable bonds is 5. The van der Waals surface area contributed by atoms with Crippen LogP contribution < -0.4 is 4.74 Å². The molecule has 108 valence electrons. The van der Waals surface area contributed by atoms with Gasteiger partial charge in [-0.05, 0) is 31.2 Å². The molecule has 1 unspecified atom stereocenters. The van der Waals surface area contributed by atoms with Crippen molar-refractivity contribution in [1.29, 1.82) is 0 Å². The van der Waals surface area contributed by atoms with E-state index in [1.165, 1.54) is 6.07 Å². The lowest BCUT2D eigenvalue weighted by atomic mass is 10.1. The van der Waals surface area contributed by atoms with Gasteiger partial charge in [0.1, 0.15) is 17.9 Å². The van der Waals surface area contributed by atoms with E-state index >= 15 is 0 Å². The van der Waals surface area contributed by atoms with E-state index in [4.69, 9.17) is 4.74 Å². The molecule has 5 heteroatoms. The minimum Gasteiger partial charge on any atom is -0.482 e. The summed E-state index contributed by atoms with van der Waals surface area (Å²) in [6.07, 6.45) is -0.260. The van der Waals surface area contributed by atoms with Crippen LogP contribution in [-0.4, -0.2) is 18.2 Å². The number of Topliss-reactive ketones (excluding diaryl/α,β-unsaturated/α-hetero) is 1. The lowest BCUT2D eigenvalue weighted by molar-refractivity contribution is 0.0817. The van der Waals surface area contributed by atoms with Crippen LogP contribution in [0.4, 0.5) is 4.39 Å². The monoisotopic (exact) mass is 350 g/mol. The average Bonchev–Trinajstić information content (AvgIpc) is 2.46. The van der Waals surface area contributed by atoms with Crippen LogP contribution in [0.5, 0.6) is 5.75 Å². The Balaban J connectivity index is 2.15. The summed E-state index contributed by atoms with van der Waals surface area (Å²) in [6.45, 7) is 1.58. The molecular formula is C16H12BrFO3. The largest absolute Gasteiger partial charge is 0.482 e. The second-order valence-electron chi connectivity index (χ2n) is 4.47. The molecule has 0 amide bonds. The van der Waals surface area contributed by atoms with Crippen molar-refractivity contribution in [2.45, 2.75) is 13.0 Å². The van der Waals surface area contributed by atoms with Crippen molar-refractivity contribution in [3.63, 3.8) is 0 Å². The van der Waals surface area contributed by atoms with E-state index in [9.17, 15) is 14.0 Å². The summed E-state index contributed by atoms with van der Waals surface area (Å²) in [6, 6.07) is 10.5. The van der Waals surface area contributed by atoms with Gasteiger partial charge in [0.25, 0.3) is 0 Å². The third-order valence-electron chi connectivity index (χ3n) is 2.84. The molecule has 0 N–H and O–H groups in total. The molecule has 0 aliphatic carbocycles. The van der Waals surface area contributed by atoms with E-state index in [0.717, 1.165) is 16.6 Å². The van der Waals surface area contributed by atoms with Gasteiger partial charge in [0.2, 0.25) is 5.78 Å². The maximum Gasteiger partial charge on any atom is 0.202 e. The number of aldehydes is 1. The normalized spacial score (nSPS) is 11.8. The Morgan fingerprint density at radius 3 is 2.52 bits per heavy atom. The smallest absolute Gasteiger partial charge is 0.202 e. The van der Waals surface area contributed by atoms with Gasteiger partial charge in [0, 0.05) is 21.7 Å². The van der Waals surface area contributed by atoms with Crippen LogP contribution in [0, 0.1) is 5.82 Å². The molecule has 0 aliphatic rings. The molecule has 0 aromatic heterocycles. The molecule has 0 spiro atoms. The van der Waals surface area contributed by atoms with Crippen LogP contribution in [0.25, 0.3) is 0 Å². The highest BCUT2D eigenvalue weighted by Crippen LogP contribution is 2.19. The molecule has 21 heavy (non-hydrogen) atoms. The van der Waals surface area contributed by atoms with E-state index in [2.05, 4.69) is 15.9 Å². The minimum absolute atomic E-state index is 0.148. The molecule has 0 fully saturated rings. The van der Waals surface area contributed by atoms with Crippen molar-refractivity contribution in [2.24, 2.45) is 0 Å². The number of hydrogen-bond donors (Lipinski definition) is 0. The standard InChI is InChI=1S/C16H12BrFO3/c1-10(16(20)12-2-4-13(17)5-3-12)21-15-7-11(9-19)6-14(18)8-15/h2-10H,1H3. The minimum atomic E-state index is -0.785. The van der Waals surface area contributed by atoms with Crippen molar-refractivity contribution < 1.29 is 18.7 Å². The highest BCUT2D eigenvalue weighted by Gasteiger charge is 2.17. The van der Waals surface area contributed by atoms with Crippen LogP contribution in [-0.2, 0) is 0 Å². The molecule has 0 saturated heterocycles. The third kappa shape index (κ3) is 3.98. The van der Waals surface area contributed by atoms with Gasteiger partial charge in [0.05, 0.1) is 0 Å². The third-order valence-corrected chi connectivity index (χ3v) is 3.37. The lowest BCUT2D eigenvalue weighted by Gasteiger charge is -2.14. The Morgan fingerprint density at radius 2 is 1.90 bits per heavy atom. The van der Waals surface area contributed by atoms with Gasteiger partial charge in [-0.1, -0.05) is 28.1 Å². The summed E-state index contributed by atoms with van der Waals surface area (Å²) in [4.78, 5) is 22.9. The quantitative estimate of drug-likeness (QED) is 0.603. The molecule has 2 aromatic carbocycles. The summed E-state index contributed by atoms with van der Waals surface area (Å²) < 4.78 is 19.6. The van der Waals surface area contributed by atoms with Crippen molar-refractivity contribution in [3.05, 3.63) is 63.9 Å². The van der Waals surface area contributed by atoms with Gasteiger partial charge in [-0.25, -0.2) is 4.39 Å². The molecule has 2 aromatic rings. The summed E-state index contributed by atoms with van der Waals surface area (Å²) in [5.74, 6) is -0.660. The summed E-state index contributed by atoms with van der Waals surface area (Å²) in [5, 5.41) is 0. The predicted molar refractivity (Wildman–Crippen MR) is 80.4 cm³/mol. The highest BCUT2D eigenvalue weighted by molar-refractivity contribution is 9.10. The zero-order valence-corrected chi connectivity index (χ0v) is 12.8. The van der Waals surface area contributed by atoms with Crippen LogP contribution in [0.1, 0.15) is 27.6 Å². The van der Waals surface area contributed by atoms with Gasteiger partial charge in [-0.15, -0.1) is 0 Å².